The number of halogens is 1. The van der Waals surface area contributed by atoms with E-state index in [1.165, 1.54) is 38.3 Å². The summed E-state index contributed by atoms with van der Waals surface area (Å²) in [6.07, 6.45) is 9.54. The third kappa shape index (κ3) is 4.69. The summed E-state index contributed by atoms with van der Waals surface area (Å²) in [6, 6.07) is 2.23. The molecule has 3 rings (SSSR count). The van der Waals surface area contributed by atoms with E-state index in [2.05, 4.69) is 26.5 Å². The van der Waals surface area contributed by atoms with Crippen molar-refractivity contribution in [3.05, 3.63) is 23.1 Å². The lowest BCUT2D eigenvalue weighted by Gasteiger charge is -2.21. The molecule has 0 bridgehead atoms. The van der Waals surface area contributed by atoms with Crippen LogP contribution in [-0.4, -0.2) is 26.4 Å². The summed E-state index contributed by atoms with van der Waals surface area (Å²) in [4.78, 5) is 8.63. The predicted octanol–water partition coefficient (Wildman–Crippen LogP) is 4.60. The Morgan fingerprint density at radius 2 is 2.11 bits per heavy atom. The maximum absolute atomic E-state index is 9.28. The first-order chi connectivity index (χ1) is 12.9. The van der Waals surface area contributed by atoms with Gasteiger partial charge in [0.05, 0.1) is 36.5 Å². The second kappa shape index (κ2) is 8.13. The van der Waals surface area contributed by atoms with Crippen molar-refractivity contribution in [3.8, 4) is 11.9 Å². The predicted molar refractivity (Wildman–Crippen MR) is 104 cm³/mol. The highest BCUT2D eigenvalue weighted by atomic mass is 35.5. The quantitative estimate of drug-likeness (QED) is 0.778. The minimum Gasteiger partial charge on any atom is -0.476 e. The third-order valence-electron chi connectivity index (χ3n) is 4.88. The van der Waals surface area contributed by atoms with Crippen LogP contribution in [0, 0.1) is 24.2 Å². The molecule has 8 heteroatoms. The Kier molecular flexibility index (Phi) is 5.85. The monoisotopic (exact) mass is 388 g/mol. The Balaban J connectivity index is 1.71. The van der Waals surface area contributed by atoms with Crippen molar-refractivity contribution >= 4 is 23.2 Å². The van der Waals surface area contributed by atoms with E-state index in [4.69, 9.17) is 16.3 Å². The van der Waals surface area contributed by atoms with Gasteiger partial charge in [-0.2, -0.15) is 15.3 Å². The molecule has 1 aliphatic rings. The summed E-state index contributed by atoms with van der Waals surface area (Å²) in [7, 11) is 0. The van der Waals surface area contributed by atoms with E-state index in [0.29, 0.717) is 29.4 Å². The van der Waals surface area contributed by atoms with Crippen molar-refractivity contribution in [2.75, 3.05) is 11.9 Å². The Morgan fingerprint density at radius 1 is 1.37 bits per heavy atom. The van der Waals surface area contributed by atoms with Crippen molar-refractivity contribution in [1.29, 1.82) is 5.26 Å². The van der Waals surface area contributed by atoms with Crippen molar-refractivity contribution in [3.63, 3.8) is 0 Å². The van der Waals surface area contributed by atoms with Crippen molar-refractivity contribution in [1.82, 2.24) is 19.7 Å². The zero-order chi connectivity index (χ0) is 19.4. The van der Waals surface area contributed by atoms with Gasteiger partial charge in [0.1, 0.15) is 10.6 Å². The molecule has 0 amide bonds. The van der Waals surface area contributed by atoms with Crippen LogP contribution >= 0.6 is 11.6 Å². The molecule has 27 heavy (non-hydrogen) atoms. The van der Waals surface area contributed by atoms with Gasteiger partial charge in [-0.1, -0.05) is 30.9 Å². The summed E-state index contributed by atoms with van der Waals surface area (Å²) in [5.41, 5.74) is 0.750. The molecule has 144 valence electrons. The van der Waals surface area contributed by atoms with Gasteiger partial charge in [0.15, 0.2) is 0 Å². The summed E-state index contributed by atoms with van der Waals surface area (Å²) in [6.45, 7) is 6.10. The average molecular weight is 389 g/mol. The van der Waals surface area contributed by atoms with Crippen LogP contribution in [0.5, 0.6) is 5.88 Å². The highest BCUT2D eigenvalue weighted by Gasteiger charge is 2.22. The third-order valence-corrected chi connectivity index (χ3v) is 5.14. The number of anilines is 2. The molecule has 2 aromatic heterocycles. The summed E-state index contributed by atoms with van der Waals surface area (Å²) in [5.74, 6) is 1.34. The fourth-order valence-corrected chi connectivity index (χ4v) is 3.25. The molecule has 0 atom stereocenters. The fraction of sp³-hybridized carbons (Fsp3) is 0.579. The van der Waals surface area contributed by atoms with Crippen LogP contribution in [-0.2, 0) is 5.54 Å². The number of ether oxygens (including phenoxy) is 1. The lowest BCUT2D eigenvalue weighted by Crippen LogP contribution is -2.24. The molecule has 2 aromatic rings. The van der Waals surface area contributed by atoms with Crippen molar-refractivity contribution in [2.45, 2.75) is 58.4 Å². The lowest BCUT2D eigenvalue weighted by molar-refractivity contribution is 0.203. The standard InChI is InChI=1S/C19H25ClN6O/c1-13-16(10-26(25-13)19(2,3)12-21)23-18-22-9-15(20)17(24-18)27-11-14-7-5-4-6-8-14/h9-10,14H,4-8,11H2,1-3H3,(H,22,23,24). The second-order valence-corrected chi connectivity index (χ2v) is 7.94. The van der Waals surface area contributed by atoms with E-state index in [9.17, 15) is 5.26 Å². The second-order valence-electron chi connectivity index (χ2n) is 7.53. The first-order valence-corrected chi connectivity index (χ1v) is 9.67. The van der Waals surface area contributed by atoms with Gasteiger partial charge in [-0.05, 0) is 39.5 Å². The van der Waals surface area contributed by atoms with Gasteiger partial charge < -0.3 is 10.1 Å². The molecule has 0 aromatic carbocycles. The molecule has 2 heterocycles. The molecule has 0 unspecified atom stereocenters. The van der Waals surface area contributed by atoms with E-state index < -0.39 is 5.54 Å². The Morgan fingerprint density at radius 3 is 2.81 bits per heavy atom. The van der Waals surface area contributed by atoms with Gasteiger partial charge in [-0.15, -0.1) is 0 Å². The normalized spacial score (nSPS) is 15.4. The Hall–Kier alpha value is -2.33. The molecule has 1 N–H and O–H groups in total. The zero-order valence-electron chi connectivity index (χ0n) is 16.0. The molecule has 0 spiro atoms. The van der Waals surface area contributed by atoms with Gasteiger partial charge >= 0.3 is 0 Å². The smallest absolute Gasteiger partial charge is 0.237 e. The summed E-state index contributed by atoms with van der Waals surface area (Å²) >= 11 is 6.20. The Bertz CT molecular complexity index is 835. The maximum Gasteiger partial charge on any atom is 0.237 e. The first kappa shape index (κ1) is 19.4. The highest BCUT2D eigenvalue weighted by Crippen LogP contribution is 2.28. The van der Waals surface area contributed by atoms with E-state index in [1.54, 1.807) is 24.7 Å². The Labute approximate surface area is 164 Å². The van der Waals surface area contributed by atoms with Crippen LogP contribution in [0.1, 0.15) is 51.6 Å². The molecule has 1 aliphatic carbocycles. The number of rotatable bonds is 6. The van der Waals surface area contributed by atoms with Crippen LogP contribution < -0.4 is 10.1 Å². The number of nitriles is 1. The van der Waals surface area contributed by atoms with Crippen molar-refractivity contribution in [2.24, 2.45) is 5.92 Å². The molecule has 1 fully saturated rings. The minimum atomic E-state index is -0.736. The maximum atomic E-state index is 9.28. The number of aryl methyl sites for hydroxylation is 1. The lowest BCUT2D eigenvalue weighted by atomic mass is 9.90. The molecule has 0 radical (unpaired) electrons. The van der Waals surface area contributed by atoms with Gasteiger partial charge in [-0.3, -0.25) is 4.68 Å². The number of hydrogen-bond donors (Lipinski definition) is 1. The van der Waals surface area contributed by atoms with Gasteiger partial charge in [0.2, 0.25) is 11.8 Å². The largest absolute Gasteiger partial charge is 0.476 e. The van der Waals surface area contributed by atoms with E-state index >= 15 is 0 Å². The first-order valence-electron chi connectivity index (χ1n) is 9.29. The van der Waals surface area contributed by atoms with Gasteiger partial charge in [0.25, 0.3) is 0 Å². The summed E-state index contributed by atoms with van der Waals surface area (Å²) < 4.78 is 7.50. The molecular formula is C19H25ClN6O. The molecule has 1 saturated carbocycles. The van der Waals surface area contributed by atoms with Gasteiger partial charge in [-0.25, -0.2) is 4.98 Å². The highest BCUT2D eigenvalue weighted by molar-refractivity contribution is 6.31. The van der Waals surface area contributed by atoms with Crippen LogP contribution in [0.4, 0.5) is 11.6 Å². The van der Waals surface area contributed by atoms with Crippen LogP contribution in [0.2, 0.25) is 5.02 Å². The average Bonchev–Trinajstić information content (AvgIpc) is 3.04. The van der Waals surface area contributed by atoms with Crippen LogP contribution in [0.15, 0.2) is 12.4 Å². The molecular weight excluding hydrogens is 364 g/mol. The minimum absolute atomic E-state index is 0.385. The SMILES string of the molecule is Cc1nn(C(C)(C)C#N)cc1Nc1ncc(Cl)c(OCC2CCCCC2)n1. The van der Waals surface area contributed by atoms with Gasteiger partial charge in [0, 0.05) is 0 Å². The van der Waals surface area contributed by atoms with Crippen molar-refractivity contribution < 1.29 is 4.74 Å². The number of aromatic nitrogens is 4. The zero-order valence-corrected chi connectivity index (χ0v) is 16.8. The number of nitrogens with zero attached hydrogens (tertiary/aromatic N) is 5. The fourth-order valence-electron chi connectivity index (χ4n) is 3.10. The number of nitrogens with one attached hydrogen (secondary N) is 1. The molecule has 7 nitrogen and oxygen atoms in total. The van der Waals surface area contributed by atoms with Crippen LogP contribution in [0.25, 0.3) is 0 Å². The van der Waals surface area contributed by atoms with E-state index in [-0.39, 0.29) is 0 Å². The van der Waals surface area contributed by atoms with Crippen LogP contribution in [0.3, 0.4) is 0 Å². The molecule has 0 saturated heterocycles. The van der Waals surface area contributed by atoms with E-state index in [0.717, 1.165) is 11.4 Å². The molecule has 0 aliphatic heterocycles. The van der Waals surface area contributed by atoms with E-state index in [1.807, 2.05) is 6.92 Å². The topological polar surface area (TPSA) is 88.7 Å². The number of hydrogen-bond acceptors (Lipinski definition) is 6. The summed E-state index contributed by atoms with van der Waals surface area (Å²) in [5, 5.41) is 17.2.